The third-order valence-corrected chi connectivity index (χ3v) is 4.51. The fraction of sp³-hybridized carbons (Fsp3) is 0.263. The first-order valence-corrected chi connectivity index (χ1v) is 9.72. The van der Waals surface area contributed by atoms with Crippen molar-refractivity contribution in [2.24, 2.45) is 0 Å². The first-order valence-electron chi connectivity index (χ1n) is 8.32. The Morgan fingerprint density at radius 3 is 2.52 bits per heavy atom. The number of nitro groups is 1. The molecule has 0 bridgehead atoms. The molecule has 0 saturated carbocycles. The molecular weight excluding hydrogens is 366 g/mol. The Kier molecular flexibility index (Phi) is 7.36. The van der Waals surface area contributed by atoms with Crippen molar-refractivity contribution < 1.29 is 14.5 Å². The van der Waals surface area contributed by atoms with Gasteiger partial charge in [0, 0.05) is 23.4 Å². The smallest absolute Gasteiger partial charge is 0.270 e. The summed E-state index contributed by atoms with van der Waals surface area (Å²) >= 11 is 1.56. The molecule has 0 saturated heterocycles. The van der Waals surface area contributed by atoms with E-state index >= 15 is 0 Å². The number of anilines is 1. The highest BCUT2D eigenvalue weighted by Crippen LogP contribution is 2.14. The molecule has 0 aliphatic rings. The van der Waals surface area contributed by atoms with Crippen LogP contribution in [-0.2, 0) is 4.79 Å². The topological polar surface area (TPSA) is 101 Å². The molecule has 8 heteroatoms. The lowest BCUT2D eigenvalue weighted by atomic mass is 10.1. The number of carbonyl (C=O) groups excluding carboxylic acids is 2. The SMILES string of the molecule is CSCCC(NC(=O)c1cccc([N+](=O)[O-])c1)C(=O)Nc1ccc(C)cc1. The summed E-state index contributed by atoms with van der Waals surface area (Å²) in [5.74, 6) is -0.170. The van der Waals surface area contributed by atoms with Gasteiger partial charge in [0.05, 0.1) is 4.92 Å². The third kappa shape index (κ3) is 6.10. The van der Waals surface area contributed by atoms with Crippen LogP contribution >= 0.6 is 11.8 Å². The zero-order chi connectivity index (χ0) is 19.8. The van der Waals surface area contributed by atoms with Gasteiger partial charge in [0.2, 0.25) is 5.91 Å². The molecule has 0 fully saturated rings. The van der Waals surface area contributed by atoms with E-state index in [4.69, 9.17) is 0 Å². The molecule has 1 unspecified atom stereocenters. The van der Waals surface area contributed by atoms with E-state index < -0.39 is 16.9 Å². The molecule has 2 aromatic rings. The summed E-state index contributed by atoms with van der Waals surface area (Å²) in [5, 5.41) is 16.4. The molecule has 142 valence electrons. The van der Waals surface area contributed by atoms with E-state index in [2.05, 4.69) is 10.6 Å². The van der Waals surface area contributed by atoms with Crippen LogP contribution in [0.5, 0.6) is 0 Å². The molecular formula is C19H21N3O4S. The first kappa shape index (κ1) is 20.4. The molecule has 0 aliphatic heterocycles. The van der Waals surface area contributed by atoms with E-state index in [0.717, 1.165) is 5.56 Å². The highest BCUT2D eigenvalue weighted by molar-refractivity contribution is 7.98. The Balaban J connectivity index is 2.11. The molecule has 27 heavy (non-hydrogen) atoms. The van der Waals surface area contributed by atoms with E-state index in [1.807, 2.05) is 25.3 Å². The number of nitrogens with one attached hydrogen (secondary N) is 2. The number of hydrogen-bond acceptors (Lipinski definition) is 5. The molecule has 2 aromatic carbocycles. The summed E-state index contributed by atoms with van der Waals surface area (Å²) in [5.41, 5.74) is 1.68. The van der Waals surface area contributed by atoms with Crippen LogP contribution in [0.2, 0.25) is 0 Å². The van der Waals surface area contributed by atoms with E-state index in [1.54, 1.807) is 23.9 Å². The Morgan fingerprint density at radius 1 is 1.19 bits per heavy atom. The maximum atomic E-state index is 12.6. The summed E-state index contributed by atoms with van der Waals surface area (Å²) in [4.78, 5) is 35.4. The number of carbonyl (C=O) groups is 2. The number of amides is 2. The minimum Gasteiger partial charge on any atom is -0.340 e. The van der Waals surface area contributed by atoms with Gasteiger partial charge in [0.15, 0.2) is 0 Å². The fourth-order valence-electron chi connectivity index (χ4n) is 2.37. The van der Waals surface area contributed by atoms with Gasteiger partial charge in [-0.2, -0.15) is 11.8 Å². The number of nitrogens with zero attached hydrogens (tertiary/aromatic N) is 1. The molecule has 0 aromatic heterocycles. The average Bonchev–Trinajstić information content (AvgIpc) is 2.66. The van der Waals surface area contributed by atoms with E-state index in [0.29, 0.717) is 17.9 Å². The zero-order valence-corrected chi connectivity index (χ0v) is 15.9. The average molecular weight is 387 g/mol. The minimum absolute atomic E-state index is 0.140. The quantitative estimate of drug-likeness (QED) is 0.534. The highest BCUT2D eigenvalue weighted by Gasteiger charge is 2.22. The summed E-state index contributed by atoms with van der Waals surface area (Å²) in [6.07, 6.45) is 2.36. The summed E-state index contributed by atoms with van der Waals surface area (Å²) in [6, 6.07) is 12.0. The largest absolute Gasteiger partial charge is 0.340 e. The van der Waals surface area contributed by atoms with Gasteiger partial charge in [-0.3, -0.25) is 19.7 Å². The van der Waals surface area contributed by atoms with Crippen LogP contribution in [0.25, 0.3) is 0 Å². The Hall–Kier alpha value is -2.87. The second-order valence-electron chi connectivity index (χ2n) is 5.97. The van der Waals surface area contributed by atoms with Gasteiger partial charge in [-0.1, -0.05) is 23.8 Å². The lowest BCUT2D eigenvalue weighted by Crippen LogP contribution is -2.44. The van der Waals surface area contributed by atoms with E-state index in [9.17, 15) is 19.7 Å². The van der Waals surface area contributed by atoms with Crippen LogP contribution in [0.4, 0.5) is 11.4 Å². The van der Waals surface area contributed by atoms with Gasteiger partial charge < -0.3 is 10.6 Å². The second-order valence-corrected chi connectivity index (χ2v) is 6.96. The molecule has 2 N–H and O–H groups in total. The highest BCUT2D eigenvalue weighted by atomic mass is 32.2. The number of aryl methyl sites for hydroxylation is 1. The number of non-ortho nitro benzene ring substituents is 1. The van der Waals surface area contributed by atoms with Crippen molar-refractivity contribution in [1.29, 1.82) is 0 Å². The Morgan fingerprint density at radius 2 is 1.89 bits per heavy atom. The van der Waals surface area contributed by atoms with Crippen LogP contribution in [0.3, 0.4) is 0 Å². The standard InChI is InChI=1S/C19H21N3O4S/c1-13-6-8-15(9-7-13)20-19(24)17(10-11-27-2)21-18(23)14-4-3-5-16(12-14)22(25)26/h3-9,12,17H,10-11H2,1-2H3,(H,20,24)(H,21,23). The number of hydrogen-bond donors (Lipinski definition) is 2. The second kappa shape index (κ2) is 9.72. The maximum absolute atomic E-state index is 12.6. The molecule has 0 heterocycles. The van der Waals surface area contributed by atoms with E-state index in [1.165, 1.54) is 24.3 Å². The zero-order valence-electron chi connectivity index (χ0n) is 15.1. The van der Waals surface area contributed by atoms with Gasteiger partial charge in [0.25, 0.3) is 11.6 Å². The summed E-state index contributed by atoms with van der Waals surface area (Å²) < 4.78 is 0. The van der Waals surface area contributed by atoms with Crippen molar-refractivity contribution in [3.8, 4) is 0 Å². The summed E-state index contributed by atoms with van der Waals surface area (Å²) in [6.45, 7) is 1.95. The van der Waals surface area contributed by atoms with Gasteiger partial charge in [-0.15, -0.1) is 0 Å². The molecule has 0 aliphatic carbocycles. The first-order chi connectivity index (χ1) is 12.9. The summed E-state index contributed by atoms with van der Waals surface area (Å²) in [7, 11) is 0. The van der Waals surface area contributed by atoms with Gasteiger partial charge in [-0.25, -0.2) is 0 Å². The van der Waals surface area contributed by atoms with Crippen LogP contribution < -0.4 is 10.6 Å². The number of thioether (sulfide) groups is 1. The predicted molar refractivity (Wildman–Crippen MR) is 107 cm³/mol. The molecule has 0 radical (unpaired) electrons. The molecule has 2 rings (SSSR count). The number of nitro benzene ring substituents is 1. The lowest BCUT2D eigenvalue weighted by Gasteiger charge is -2.18. The maximum Gasteiger partial charge on any atom is 0.270 e. The molecule has 2 amide bonds. The van der Waals surface area contributed by atoms with Crippen LogP contribution in [0, 0.1) is 17.0 Å². The van der Waals surface area contributed by atoms with Crippen molar-refractivity contribution in [1.82, 2.24) is 5.32 Å². The van der Waals surface area contributed by atoms with Crippen molar-refractivity contribution in [3.63, 3.8) is 0 Å². The van der Waals surface area contributed by atoms with Gasteiger partial charge in [0.1, 0.15) is 6.04 Å². The monoisotopic (exact) mass is 387 g/mol. The lowest BCUT2D eigenvalue weighted by molar-refractivity contribution is -0.384. The van der Waals surface area contributed by atoms with Crippen LogP contribution in [0.15, 0.2) is 48.5 Å². The molecule has 7 nitrogen and oxygen atoms in total. The molecule has 0 spiro atoms. The predicted octanol–water partition coefficient (Wildman–Crippen LogP) is 3.39. The van der Waals surface area contributed by atoms with Crippen molar-refractivity contribution in [3.05, 3.63) is 69.8 Å². The Bertz CT molecular complexity index is 824. The van der Waals surface area contributed by atoms with E-state index in [-0.39, 0.29) is 17.2 Å². The Labute approximate surface area is 161 Å². The number of rotatable bonds is 8. The molecule has 1 atom stereocenters. The minimum atomic E-state index is -0.745. The van der Waals surface area contributed by atoms with Crippen LogP contribution in [-0.4, -0.2) is 34.8 Å². The third-order valence-electron chi connectivity index (χ3n) is 3.87. The van der Waals surface area contributed by atoms with Crippen molar-refractivity contribution in [2.75, 3.05) is 17.3 Å². The fourth-order valence-corrected chi connectivity index (χ4v) is 2.84. The van der Waals surface area contributed by atoms with Gasteiger partial charge in [-0.05, 0) is 43.6 Å². The van der Waals surface area contributed by atoms with Crippen molar-refractivity contribution in [2.45, 2.75) is 19.4 Å². The van der Waals surface area contributed by atoms with Crippen molar-refractivity contribution >= 4 is 35.0 Å². The van der Waals surface area contributed by atoms with Gasteiger partial charge >= 0.3 is 0 Å². The van der Waals surface area contributed by atoms with Crippen LogP contribution in [0.1, 0.15) is 22.3 Å². The normalized spacial score (nSPS) is 11.5. The number of benzene rings is 2.